The molecule has 6 heteroatoms. The maximum Gasteiger partial charge on any atom is 0.434 e. The van der Waals surface area contributed by atoms with E-state index < -0.39 is 17.7 Å². The van der Waals surface area contributed by atoms with E-state index in [-0.39, 0.29) is 12.0 Å². The highest BCUT2D eigenvalue weighted by Gasteiger charge is 2.36. The van der Waals surface area contributed by atoms with E-state index >= 15 is 0 Å². The van der Waals surface area contributed by atoms with Crippen molar-refractivity contribution in [1.29, 1.82) is 0 Å². The normalized spacial score (nSPS) is 11.6. The number of carbonyl (C=O) groups excluding carboxylic acids is 1. The molecule has 0 bridgehead atoms. The SMILES string of the molecule is Cc1occc1-c1ccc(CCCC(=O)c2cccnc2C(F)(F)F)cc1. The number of halogens is 3. The van der Waals surface area contributed by atoms with Crippen LogP contribution in [0.25, 0.3) is 11.1 Å². The molecule has 0 spiro atoms. The first-order valence-corrected chi connectivity index (χ1v) is 8.55. The van der Waals surface area contributed by atoms with Crippen LogP contribution in [0.1, 0.15) is 40.2 Å². The van der Waals surface area contributed by atoms with Gasteiger partial charge in [0.15, 0.2) is 11.5 Å². The number of aromatic nitrogens is 1. The van der Waals surface area contributed by atoms with Crippen LogP contribution in [0.3, 0.4) is 0 Å². The van der Waals surface area contributed by atoms with Crippen LogP contribution in [0.2, 0.25) is 0 Å². The molecular weight excluding hydrogens is 355 g/mol. The van der Waals surface area contributed by atoms with Gasteiger partial charge in [0.2, 0.25) is 0 Å². The number of alkyl halides is 3. The van der Waals surface area contributed by atoms with Gasteiger partial charge in [-0.3, -0.25) is 9.78 Å². The minimum atomic E-state index is -4.63. The van der Waals surface area contributed by atoms with Gasteiger partial charge in [0.05, 0.1) is 6.26 Å². The van der Waals surface area contributed by atoms with Gasteiger partial charge in [-0.1, -0.05) is 24.3 Å². The fraction of sp³-hybridized carbons (Fsp3) is 0.238. The summed E-state index contributed by atoms with van der Waals surface area (Å²) >= 11 is 0. The molecule has 0 amide bonds. The Morgan fingerprint density at radius 3 is 2.48 bits per heavy atom. The lowest BCUT2D eigenvalue weighted by Gasteiger charge is -2.10. The zero-order valence-corrected chi connectivity index (χ0v) is 14.7. The molecule has 1 aromatic carbocycles. The molecule has 3 aromatic rings. The maximum absolute atomic E-state index is 13.0. The highest BCUT2D eigenvalue weighted by Crippen LogP contribution is 2.31. The van der Waals surface area contributed by atoms with Crippen LogP contribution >= 0.6 is 0 Å². The molecule has 0 saturated heterocycles. The van der Waals surface area contributed by atoms with Crippen molar-refractivity contribution in [1.82, 2.24) is 4.98 Å². The summed E-state index contributed by atoms with van der Waals surface area (Å²) in [5.41, 5.74) is 1.60. The summed E-state index contributed by atoms with van der Waals surface area (Å²) in [4.78, 5) is 15.5. The molecule has 0 fully saturated rings. The summed E-state index contributed by atoms with van der Waals surface area (Å²) in [6.07, 6.45) is -0.835. The lowest BCUT2D eigenvalue weighted by Crippen LogP contribution is -2.15. The van der Waals surface area contributed by atoms with Gasteiger partial charge in [0, 0.05) is 23.7 Å². The summed E-state index contributed by atoms with van der Waals surface area (Å²) in [6, 6.07) is 12.3. The number of hydrogen-bond donors (Lipinski definition) is 0. The minimum Gasteiger partial charge on any atom is -0.469 e. The molecule has 3 nitrogen and oxygen atoms in total. The Hall–Kier alpha value is -2.89. The summed E-state index contributed by atoms with van der Waals surface area (Å²) in [5, 5.41) is 0. The van der Waals surface area contributed by atoms with E-state index in [0.717, 1.165) is 28.6 Å². The lowest BCUT2D eigenvalue weighted by atomic mass is 9.99. The number of benzene rings is 1. The Labute approximate surface area is 154 Å². The molecule has 3 rings (SSSR count). The first-order chi connectivity index (χ1) is 12.9. The molecule has 2 heterocycles. The number of Topliss-reactive ketones (excluding diaryl/α,β-unsaturated/α-hetero) is 1. The minimum absolute atomic E-state index is 0.0391. The van der Waals surface area contributed by atoms with Crippen LogP contribution in [0.4, 0.5) is 13.2 Å². The number of pyridine rings is 1. The monoisotopic (exact) mass is 373 g/mol. The van der Waals surface area contributed by atoms with Crippen molar-refractivity contribution in [2.24, 2.45) is 0 Å². The second-order valence-electron chi connectivity index (χ2n) is 6.26. The third-order valence-electron chi connectivity index (χ3n) is 4.37. The quantitative estimate of drug-likeness (QED) is 0.507. The Bertz CT molecular complexity index is 927. The predicted molar refractivity (Wildman–Crippen MR) is 95.4 cm³/mol. The van der Waals surface area contributed by atoms with E-state index in [1.54, 1.807) is 6.26 Å². The number of furan rings is 1. The number of nitrogens with zero attached hydrogens (tertiary/aromatic N) is 1. The molecule has 0 aliphatic carbocycles. The molecule has 0 N–H and O–H groups in total. The molecule has 0 aliphatic rings. The van der Waals surface area contributed by atoms with Gasteiger partial charge in [-0.05, 0) is 49.1 Å². The van der Waals surface area contributed by atoms with E-state index in [2.05, 4.69) is 4.98 Å². The van der Waals surface area contributed by atoms with Crippen molar-refractivity contribution >= 4 is 5.78 Å². The lowest BCUT2D eigenvalue weighted by molar-refractivity contribution is -0.141. The summed E-state index contributed by atoms with van der Waals surface area (Å²) in [5.74, 6) is 0.298. The van der Waals surface area contributed by atoms with Gasteiger partial charge in [0.25, 0.3) is 0 Å². The van der Waals surface area contributed by atoms with Crippen molar-refractivity contribution in [3.05, 3.63) is 77.5 Å². The Morgan fingerprint density at radius 1 is 1.11 bits per heavy atom. The molecular formula is C21H18F3NO2. The van der Waals surface area contributed by atoms with Crippen LogP contribution in [0.5, 0.6) is 0 Å². The largest absolute Gasteiger partial charge is 0.469 e. The molecule has 140 valence electrons. The number of aryl methyl sites for hydroxylation is 2. The van der Waals surface area contributed by atoms with Gasteiger partial charge in [0.1, 0.15) is 5.76 Å². The van der Waals surface area contributed by atoms with Crippen LogP contribution in [0.15, 0.2) is 59.3 Å². The average Bonchev–Trinajstić information content (AvgIpc) is 3.07. The first kappa shape index (κ1) is 18.9. The smallest absolute Gasteiger partial charge is 0.434 e. The standard InChI is InChI=1S/C21H18F3NO2/c1-14-17(11-13-27-14)16-9-7-15(8-10-16)4-2-6-19(26)18-5-3-12-25-20(18)21(22,23)24/h3,5,7-13H,2,4,6H2,1H3. The Morgan fingerprint density at radius 2 is 1.85 bits per heavy atom. The van der Waals surface area contributed by atoms with Crippen molar-refractivity contribution < 1.29 is 22.4 Å². The van der Waals surface area contributed by atoms with Crippen LogP contribution < -0.4 is 0 Å². The van der Waals surface area contributed by atoms with Crippen LogP contribution in [-0.2, 0) is 12.6 Å². The van der Waals surface area contributed by atoms with E-state index in [9.17, 15) is 18.0 Å². The van der Waals surface area contributed by atoms with Crippen LogP contribution in [-0.4, -0.2) is 10.8 Å². The molecule has 0 aliphatic heterocycles. The summed E-state index contributed by atoms with van der Waals surface area (Å²) in [7, 11) is 0. The second-order valence-corrected chi connectivity index (χ2v) is 6.26. The number of carbonyl (C=O) groups is 1. The third kappa shape index (κ3) is 4.45. The van der Waals surface area contributed by atoms with Crippen molar-refractivity contribution in [2.75, 3.05) is 0 Å². The topological polar surface area (TPSA) is 43.1 Å². The highest BCUT2D eigenvalue weighted by molar-refractivity contribution is 5.97. The predicted octanol–water partition coefficient (Wildman–Crippen LogP) is 5.87. The zero-order valence-electron chi connectivity index (χ0n) is 14.7. The zero-order chi connectivity index (χ0) is 19.4. The van der Waals surface area contributed by atoms with Gasteiger partial charge in [-0.15, -0.1) is 0 Å². The van der Waals surface area contributed by atoms with Crippen LogP contribution in [0, 0.1) is 6.92 Å². The first-order valence-electron chi connectivity index (χ1n) is 8.55. The van der Waals surface area contributed by atoms with E-state index in [1.807, 2.05) is 37.3 Å². The van der Waals surface area contributed by atoms with E-state index in [4.69, 9.17) is 4.42 Å². The van der Waals surface area contributed by atoms with E-state index in [0.29, 0.717) is 12.8 Å². The summed E-state index contributed by atoms with van der Waals surface area (Å²) in [6.45, 7) is 1.89. The van der Waals surface area contributed by atoms with Gasteiger partial charge >= 0.3 is 6.18 Å². The Balaban J connectivity index is 1.61. The van der Waals surface area contributed by atoms with E-state index in [1.165, 1.54) is 12.1 Å². The molecule has 0 saturated carbocycles. The number of hydrogen-bond acceptors (Lipinski definition) is 3. The molecule has 0 unspecified atom stereocenters. The third-order valence-corrected chi connectivity index (χ3v) is 4.37. The van der Waals surface area contributed by atoms with Gasteiger partial charge < -0.3 is 4.42 Å². The Kier molecular flexibility index (Phi) is 5.44. The molecule has 2 aromatic heterocycles. The number of ketones is 1. The fourth-order valence-corrected chi connectivity index (χ4v) is 2.98. The number of rotatable bonds is 6. The fourth-order valence-electron chi connectivity index (χ4n) is 2.98. The van der Waals surface area contributed by atoms with Gasteiger partial charge in [-0.2, -0.15) is 13.2 Å². The van der Waals surface area contributed by atoms with Gasteiger partial charge in [-0.25, -0.2) is 0 Å². The molecule has 0 atom stereocenters. The van der Waals surface area contributed by atoms with Crippen molar-refractivity contribution in [3.8, 4) is 11.1 Å². The van der Waals surface area contributed by atoms with Crippen molar-refractivity contribution in [2.45, 2.75) is 32.4 Å². The average molecular weight is 373 g/mol. The maximum atomic E-state index is 13.0. The molecule has 0 radical (unpaired) electrons. The second kappa shape index (κ2) is 7.78. The summed E-state index contributed by atoms with van der Waals surface area (Å²) < 4.78 is 44.2. The molecule has 27 heavy (non-hydrogen) atoms. The van der Waals surface area contributed by atoms with Crippen molar-refractivity contribution in [3.63, 3.8) is 0 Å². The highest BCUT2D eigenvalue weighted by atomic mass is 19.4.